The zero-order valence-electron chi connectivity index (χ0n) is 22.4. The Morgan fingerprint density at radius 1 is 1.32 bits per heavy atom. The molecule has 40 heavy (non-hydrogen) atoms. The van der Waals surface area contributed by atoms with Crippen molar-refractivity contribution in [1.82, 2.24) is 19.9 Å². The van der Waals surface area contributed by atoms with Crippen LogP contribution in [-0.2, 0) is 11.3 Å². The molecule has 0 atom stereocenters. The second-order valence-corrected chi connectivity index (χ2v) is 9.31. The SMILES string of the molecule is CNCCN(C)c1cc(OC)c(Nc2ncc(C#N)c(-c3cn4c5c(cccc35)N(C)C(=O)C4)n2)cc1[N+](=O)[O-]. The van der Waals surface area contributed by atoms with E-state index >= 15 is 0 Å². The van der Waals surface area contributed by atoms with Gasteiger partial charge in [-0.15, -0.1) is 0 Å². The van der Waals surface area contributed by atoms with Gasteiger partial charge in [0.25, 0.3) is 5.69 Å². The number of likely N-dealkylation sites (N-methyl/N-ethyl adjacent to an activating group) is 3. The van der Waals surface area contributed by atoms with Crippen LogP contribution in [0.1, 0.15) is 5.56 Å². The summed E-state index contributed by atoms with van der Waals surface area (Å²) in [5.74, 6) is 0.430. The lowest BCUT2D eigenvalue weighted by atomic mass is 10.1. The van der Waals surface area contributed by atoms with Gasteiger partial charge in [0, 0.05) is 56.5 Å². The molecule has 1 aliphatic heterocycles. The van der Waals surface area contributed by atoms with E-state index in [0.717, 1.165) is 16.6 Å². The number of aromatic nitrogens is 3. The molecule has 2 N–H and O–H groups in total. The third-order valence-corrected chi connectivity index (χ3v) is 6.93. The highest BCUT2D eigenvalue weighted by Crippen LogP contribution is 2.41. The molecule has 2 aromatic heterocycles. The number of nitrogens with zero attached hydrogens (tertiary/aromatic N) is 7. The van der Waals surface area contributed by atoms with Gasteiger partial charge >= 0.3 is 0 Å². The van der Waals surface area contributed by atoms with Crippen molar-refractivity contribution in [3.05, 3.63) is 58.4 Å². The molecule has 13 heteroatoms. The molecule has 3 heterocycles. The van der Waals surface area contributed by atoms with Crippen molar-refractivity contribution in [2.75, 3.05) is 56.5 Å². The number of carbonyl (C=O) groups excluding carboxylic acids is 1. The highest BCUT2D eigenvalue weighted by atomic mass is 16.6. The Morgan fingerprint density at radius 3 is 2.83 bits per heavy atom. The molecule has 13 nitrogen and oxygen atoms in total. The van der Waals surface area contributed by atoms with Crippen LogP contribution in [0.2, 0.25) is 0 Å². The topological polar surface area (TPSA) is 154 Å². The van der Waals surface area contributed by atoms with E-state index in [1.807, 2.05) is 36.0 Å². The van der Waals surface area contributed by atoms with Gasteiger partial charge in [-0.3, -0.25) is 14.9 Å². The standard InChI is InChI=1S/C27H27N9O4/c1-29-8-9-33(2)21-11-23(40-4)19(10-22(21)36(38)39)31-27-30-13-16(12-28)25(32-27)18-14-35-15-24(37)34(3)20-7-5-6-17(18)26(20)35/h5-7,10-11,13-14,29H,8-9,15H2,1-4H3,(H,30,31,32). The number of nitrogens with one attached hydrogen (secondary N) is 2. The number of amides is 1. The number of nitro groups is 1. The number of benzene rings is 2. The number of rotatable bonds is 9. The van der Waals surface area contributed by atoms with Crippen LogP contribution in [0.15, 0.2) is 42.7 Å². The van der Waals surface area contributed by atoms with Gasteiger partial charge in [-0.25, -0.2) is 9.97 Å². The zero-order valence-corrected chi connectivity index (χ0v) is 22.4. The highest BCUT2D eigenvalue weighted by Gasteiger charge is 2.27. The number of nitro benzene ring substituents is 1. The smallest absolute Gasteiger partial charge is 0.294 e. The van der Waals surface area contributed by atoms with E-state index in [0.29, 0.717) is 41.5 Å². The average molecular weight is 542 g/mol. The molecule has 0 bridgehead atoms. The Labute approximate surface area is 229 Å². The van der Waals surface area contributed by atoms with Crippen LogP contribution >= 0.6 is 0 Å². The molecule has 1 aliphatic rings. The summed E-state index contributed by atoms with van der Waals surface area (Å²) in [7, 11) is 6.79. The fourth-order valence-corrected chi connectivity index (χ4v) is 4.84. The van der Waals surface area contributed by atoms with E-state index in [1.54, 1.807) is 30.0 Å². The summed E-state index contributed by atoms with van der Waals surface area (Å²) in [6, 6.07) is 10.8. The third-order valence-electron chi connectivity index (χ3n) is 6.93. The quantitative estimate of drug-likeness (QED) is 0.238. The summed E-state index contributed by atoms with van der Waals surface area (Å²) < 4.78 is 7.40. The summed E-state index contributed by atoms with van der Waals surface area (Å²) >= 11 is 0. The molecule has 2 aromatic carbocycles. The Kier molecular flexibility index (Phi) is 6.93. The Bertz CT molecular complexity index is 1690. The number of anilines is 4. The summed E-state index contributed by atoms with van der Waals surface area (Å²) in [5, 5.41) is 28.7. The summed E-state index contributed by atoms with van der Waals surface area (Å²) in [6.07, 6.45) is 3.21. The van der Waals surface area contributed by atoms with Gasteiger partial charge < -0.3 is 29.7 Å². The zero-order chi connectivity index (χ0) is 28.6. The number of methoxy groups -OCH3 is 1. The molecule has 0 unspecified atom stereocenters. The van der Waals surface area contributed by atoms with E-state index in [9.17, 15) is 20.2 Å². The van der Waals surface area contributed by atoms with E-state index in [-0.39, 0.29) is 29.7 Å². The minimum atomic E-state index is -0.451. The lowest BCUT2D eigenvalue weighted by Gasteiger charge is -2.24. The van der Waals surface area contributed by atoms with Crippen molar-refractivity contribution in [2.24, 2.45) is 0 Å². The molecule has 0 aliphatic carbocycles. The molecule has 1 amide bonds. The predicted molar refractivity (Wildman–Crippen MR) is 151 cm³/mol. The normalized spacial score (nSPS) is 12.4. The highest BCUT2D eigenvalue weighted by molar-refractivity contribution is 6.10. The van der Waals surface area contributed by atoms with Crippen molar-refractivity contribution < 1.29 is 14.5 Å². The van der Waals surface area contributed by atoms with E-state index in [4.69, 9.17) is 4.74 Å². The van der Waals surface area contributed by atoms with Crippen molar-refractivity contribution in [3.63, 3.8) is 0 Å². The van der Waals surface area contributed by atoms with Crippen LogP contribution in [0.5, 0.6) is 5.75 Å². The van der Waals surface area contributed by atoms with Crippen molar-refractivity contribution in [2.45, 2.75) is 6.54 Å². The Balaban J connectivity index is 1.59. The van der Waals surface area contributed by atoms with Crippen LogP contribution in [0.3, 0.4) is 0 Å². The monoisotopic (exact) mass is 541 g/mol. The Hall–Kier alpha value is -5.22. The number of nitriles is 1. The summed E-state index contributed by atoms with van der Waals surface area (Å²) in [6.45, 7) is 1.35. The largest absolute Gasteiger partial charge is 0.494 e. The van der Waals surface area contributed by atoms with Gasteiger partial charge in [0.15, 0.2) is 0 Å². The maximum Gasteiger partial charge on any atom is 0.294 e. The summed E-state index contributed by atoms with van der Waals surface area (Å²) in [4.78, 5) is 36.3. The van der Waals surface area contributed by atoms with E-state index in [2.05, 4.69) is 26.7 Å². The second-order valence-electron chi connectivity index (χ2n) is 9.31. The molecule has 0 saturated carbocycles. The van der Waals surface area contributed by atoms with Crippen molar-refractivity contribution in [1.29, 1.82) is 5.26 Å². The van der Waals surface area contributed by atoms with Crippen LogP contribution in [0.4, 0.5) is 28.7 Å². The van der Waals surface area contributed by atoms with Crippen molar-refractivity contribution >= 4 is 45.5 Å². The van der Waals surface area contributed by atoms with Gasteiger partial charge in [-0.2, -0.15) is 5.26 Å². The predicted octanol–water partition coefficient (Wildman–Crippen LogP) is 3.26. The molecule has 0 fully saturated rings. The fourth-order valence-electron chi connectivity index (χ4n) is 4.84. The number of para-hydroxylation sites is 1. The van der Waals surface area contributed by atoms with Gasteiger partial charge in [-0.05, 0) is 13.1 Å². The van der Waals surface area contributed by atoms with Crippen LogP contribution < -0.4 is 25.2 Å². The fraction of sp³-hybridized carbons (Fsp3) is 0.259. The first-order valence-corrected chi connectivity index (χ1v) is 12.4. The first-order chi connectivity index (χ1) is 19.3. The number of carbonyl (C=O) groups is 1. The average Bonchev–Trinajstić information content (AvgIpc) is 3.33. The number of hydrogen-bond acceptors (Lipinski definition) is 10. The summed E-state index contributed by atoms with van der Waals surface area (Å²) in [5.41, 5.74) is 3.50. The number of hydrogen-bond donors (Lipinski definition) is 2. The molecule has 5 rings (SSSR count). The first kappa shape index (κ1) is 26.4. The molecular weight excluding hydrogens is 514 g/mol. The second kappa shape index (κ2) is 10.5. The van der Waals surface area contributed by atoms with Gasteiger partial charge in [-0.1, -0.05) is 12.1 Å². The van der Waals surface area contributed by atoms with Gasteiger partial charge in [0.05, 0.1) is 46.4 Å². The minimum absolute atomic E-state index is 0.0542. The van der Waals surface area contributed by atoms with Crippen LogP contribution in [0.25, 0.3) is 22.2 Å². The lowest BCUT2D eigenvalue weighted by Crippen LogP contribution is -2.33. The third kappa shape index (κ3) is 4.50. The van der Waals surface area contributed by atoms with Crippen molar-refractivity contribution in [3.8, 4) is 23.1 Å². The molecular formula is C27H27N9O4. The Morgan fingerprint density at radius 2 is 2.12 bits per heavy atom. The van der Waals surface area contributed by atoms with E-state index in [1.165, 1.54) is 19.4 Å². The molecule has 0 saturated heterocycles. The van der Waals surface area contributed by atoms with Gasteiger partial charge in [0.2, 0.25) is 11.9 Å². The van der Waals surface area contributed by atoms with E-state index < -0.39 is 4.92 Å². The lowest BCUT2D eigenvalue weighted by molar-refractivity contribution is -0.384. The van der Waals surface area contributed by atoms with Crippen LogP contribution in [-0.4, -0.2) is 66.7 Å². The molecule has 204 valence electrons. The number of ether oxygens (including phenoxy) is 1. The first-order valence-electron chi connectivity index (χ1n) is 12.4. The maximum atomic E-state index is 12.5. The van der Waals surface area contributed by atoms with Gasteiger partial charge in [0.1, 0.15) is 24.1 Å². The minimum Gasteiger partial charge on any atom is -0.494 e. The maximum absolute atomic E-state index is 12.5. The van der Waals surface area contributed by atoms with Crippen LogP contribution in [0, 0.1) is 21.4 Å². The molecule has 0 spiro atoms. The molecule has 4 aromatic rings. The molecule has 0 radical (unpaired) electrons.